The molecule has 1 fully saturated rings. The van der Waals surface area contributed by atoms with Gasteiger partial charge in [-0.15, -0.1) is 0 Å². The molecule has 0 unspecified atom stereocenters. The van der Waals surface area contributed by atoms with E-state index in [0.717, 1.165) is 0 Å². The van der Waals surface area contributed by atoms with Crippen molar-refractivity contribution in [3.8, 4) is 0 Å². The SMILES string of the molecule is CC1(C)CC(=O)C([C@@H](C2=C(O)CC(C)(C)CC2=O)c2ccc(Cl)cc2)C(=O)C1. The first-order valence-electron chi connectivity index (χ1n) is 9.66. The van der Waals surface area contributed by atoms with Crippen LogP contribution in [0.25, 0.3) is 0 Å². The number of rotatable bonds is 3. The van der Waals surface area contributed by atoms with Crippen LogP contribution in [0.5, 0.6) is 0 Å². The van der Waals surface area contributed by atoms with Crippen LogP contribution in [-0.2, 0) is 14.4 Å². The molecule has 0 saturated heterocycles. The quantitative estimate of drug-likeness (QED) is 0.705. The van der Waals surface area contributed by atoms with E-state index in [2.05, 4.69) is 0 Å². The molecule has 0 aliphatic heterocycles. The highest BCUT2D eigenvalue weighted by atomic mass is 35.5. The van der Waals surface area contributed by atoms with Crippen molar-refractivity contribution >= 4 is 29.0 Å². The Hall–Kier alpha value is -1.94. The number of carbonyl (C=O) groups excluding carboxylic acids is 3. The molecule has 1 N–H and O–H groups in total. The molecule has 1 aromatic rings. The molecular weight excluding hydrogens is 376 g/mol. The zero-order chi connectivity index (χ0) is 20.9. The van der Waals surface area contributed by atoms with Gasteiger partial charge in [0.15, 0.2) is 5.78 Å². The fraction of sp³-hybridized carbons (Fsp3) is 0.522. The Morgan fingerprint density at radius 3 is 1.89 bits per heavy atom. The average molecular weight is 403 g/mol. The lowest BCUT2D eigenvalue weighted by molar-refractivity contribution is -0.140. The molecule has 28 heavy (non-hydrogen) atoms. The second kappa shape index (κ2) is 7.14. The third kappa shape index (κ3) is 4.07. The molecule has 2 aliphatic rings. The highest BCUT2D eigenvalue weighted by Gasteiger charge is 2.48. The number of benzene rings is 1. The number of aliphatic hydroxyl groups excluding tert-OH is 1. The van der Waals surface area contributed by atoms with Gasteiger partial charge in [-0.1, -0.05) is 51.4 Å². The number of hydrogen-bond donors (Lipinski definition) is 1. The second-order valence-corrected chi connectivity index (χ2v) is 10.2. The smallest absolute Gasteiger partial charge is 0.163 e. The molecule has 2 aliphatic carbocycles. The van der Waals surface area contributed by atoms with E-state index in [0.29, 0.717) is 17.0 Å². The third-order valence-electron chi connectivity index (χ3n) is 5.77. The first kappa shape index (κ1) is 20.8. The molecule has 0 spiro atoms. The van der Waals surface area contributed by atoms with E-state index in [4.69, 9.17) is 11.6 Å². The summed E-state index contributed by atoms with van der Waals surface area (Å²) in [5, 5.41) is 11.3. The van der Waals surface area contributed by atoms with E-state index in [9.17, 15) is 19.5 Å². The van der Waals surface area contributed by atoms with Crippen LogP contribution in [0.1, 0.15) is 64.9 Å². The zero-order valence-electron chi connectivity index (χ0n) is 16.8. The number of ketones is 3. The first-order chi connectivity index (χ1) is 12.9. The van der Waals surface area contributed by atoms with Gasteiger partial charge in [-0.2, -0.15) is 0 Å². The molecule has 0 aromatic heterocycles. The van der Waals surface area contributed by atoms with Crippen LogP contribution in [-0.4, -0.2) is 22.5 Å². The summed E-state index contributed by atoms with van der Waals surface area (Å²) in [6.45, 7) is 7.66. The lowest BCUT2D eigenvalue weighted by Crippen LogP contribution is -2.43. The number of hydrogen-bond acceptors (Lipinski definition) is 4. The number of Topliss-reactive ketones (excluding diaryl/α,β-unsaturated/α-hetero) is 3. The molecule has 5 heteroatoms. The third-order valence-corrected chi connectivity index (χ3v) is 6.02. The minimum Gasteiger partial charge on any atom is -0.512 e. The van der Waals surface area contributed by atoms with Gasteiger partial charge in [0.25, 0.3) is 0 Å². The highest BCUT2D eigenvalue weighted by Crippen LogP contribution is 2.47. The summed E-state index contributed by atoms with van der Waals surface area (Å²) in [5.74, 6) is -2.25. The van der Waals surface area contributed by atoms with Gasteiger partial charge in [0, 0.05) is 42.2 Å². The van der Waals surface area contributed by atoms with Crippen molar-refractivity contribution in [1.82, 2.24) is 0 Å². The Bertz CT molecular complexity index is 841. The van der Waals surface area contributed by atoms with Gasteiger partial charge in [0.05, 0.1) is 5.92 Å². The summed E-state index contributed by atoms with van der Waals surface area (Å²) in [6, 6.07) is 6.84. The van der Waals surface area contributed by atoms with Crippen molar-refractivity contribution in [2.75, 3.05) is 0 Å². The summed E-state index contributed by atoms with van der Waals surface area (Å²) in [6.07, 6.45) is 1.18. The van der Waals surface area contributed by atoms with Crippen LogP contribution in [0.2, 0.25) is 5.02 Å². The highest BCUT2D eigenvalue weighted by molar-refractivity contribution is 6.30. The predicted octanol–water partition coefficient (Wildman–Crippen LogP) is 5.20. The lowest BCUT2D eigenvalue weighted by atomic mass is 9.62. The van der Waals surface area contributed by atoms with Gasteiger partial charge < -0.3 is 5.11 Å². The van der Waals surface area contributed by atoms with E-state index >= 15 is 0 Å². The normalized spacial score (nSPS) is 23.8. The zero-order valence-corrected chi connectivity index (χ0v) is 17.6. The Balaban J connectivity index is 2.14. The molecule has 4 nitrogen and oxygen atoms in total. The van der Waals surface area contributed by atoms with Gasteiger partial charge in [-0.25, -0.2) is 0 Å². The molecule has 0 heterocycles. The maximum atomic E-state index is 13.0. The monoisotopic (exact) mass is 402 g/mol. The van der Waals surface area contributed by atoms with Crippen LogP contribution in [0.15, 0.2) is 35.6 Å². The molecule has 150 valence electrons. The summed E-state index contributed by atoms with van der Waals surface area (Å²) in [7, 11) is 0. The molecule has 0 amide bonds. The van der Waals surface area contributed by atoms with Gasteiger partial charge in [-0.3, -0.25) is 14.4 Å². The maximum absolute atomic E-state index is 13.0. The number of aliphatic hydroxyl groups is 1. The van der Waals surface area contributed by atoms with E-state index in [1.54, 1.807) is 24.3 Å². The lowest BCUT2D eigenvalue weighted by Gasteiger charge is -2.39. The summed E-state index contributed by atoms with van der Waals surface area (Å²) >= 11 is 6.02. The van der Waals surface area contributed by atoms with Gasteiger partial charge in [0.2, 0.25) is 0 Å². The number of carbonyl (C=O) groups is 3. The Labute approximate surface area is 171 Å². The second-order valence-electron chi connectivity index (χ2n) is 9.76. The van der Waals surface area contributed by atoms with Crippen molar-refractivity contribution in [3.05, 3.63) is 46.2 Å². The van der Waals surface area contributed by atoms with Crippen molar-refractivity contribution in [2.24, 2.45) is 16.7 Å². The van der Waals surface area contributed by atoms with Crippen molar-refractivity contribution in [2.45, 2.75) is 59.3 Å². The van der Waals surface area contributed by atoms with E-state index in [-0.39, 0.29) is 58.8 Å². The van der Waals surface area contributed by atoms with Crippen molar-refractivity contribution in [1.29, 1.82) is 0 Å². The Morgan fingerprint density at radius 2 is 1.39 bits per heavy atom. The van der Waals surface area contributed by atoms with E-state index in [1.165, 1.54) is 0 Å². The molecule has 3 rings (SSSR count). The number of halogens is 1. The van der Waals surface area contributed by atoms with Crippen molar-refractivity contribution in [3.63, 3.8) is 0 Å². The van der Waals surface area contributed by atoms with Crippen LogP contribution >= 0.6 is 11.6 Å². The molecule has 1 atom stereocenters. The molecular formula is C23H27ClO4. The first-order valence-corrected chi connectivity index (χ1v) is 10.0. The van der Waals surface area contributed by atoms with Crippen LogP contribution in [0, 0.1) is 16.7 Å². The van der Waals surface area contributed by atoms with E-state index < -0.39 is 11.8 Å². The van der Waals surface area contributed by atoms with Crippen LogP contribution in [0.3, 0.4) is 0 Å². The van der Waals surface area contributed by atoms with Crippen LogP contribution in [0.4, 0.5) is 0 Å². The summed E-state index contributed by atoms with van der Waals surface area (Å²) in [5.41, 5.74) is 0.139. The Kier molecular flexibility index (Phi) is 5.30. The largest absolute Gasteiger partial charge is 0.512 e. The summed E-state index contributed by atoms with van der Waals surface area (Å²) < 4.78 is 0. The fourth-order valence-corrected chi connectivity index (χ4v) is 4.75. The van der Waals surface area contributed by atoms with Gasteiger partial charge in [-0.05, 0) is 28.5 Å². The molecule has 1 aromatic carbocycles. The van der Waals surface area contributed by atoms with Crippen LogP contribution < -0.4 is 0 Å². The Morgan fingerprint density at radius 1 is 0.893 bits per heavy atom. The molecule has 0 bridgehead atoms. The maximum Gasteiger partial charge on any atom is 0.163 e. The van der Waals surface area contributed by atoms with Gasteiger partial charge in [0.1, 0.15) is 17.3 Å². The minimum atomic E-state index is -0.948. The van der Waals surface area contributed by atoms with Crippen molar-refractivity contribution < 1.29 is 19.5 Å². The van der Waals surface area contributed by atoms with E-state index in [1.807, 2.05) is 27.7 Å². The van der Waals surface area contributed by atoms with Gasteiger partial charge >= 0.3 is 0 Å². The predicted molar refractivity (Wildman–Crippen MR) is 108 cm³/mol. The number of allylic oxidation sites excluding steroid dienone is 2. The molecule has 0 radical (unpaired) electrons. The fourth-order valence-electron chi connectivity index (χ4n) is 4.63. The topological polar surface area (TPSA) is 71.4 Å². The minimum absolute atomic E-state index is 0.00775. The molecule has 1 saturated carbocycles. The summed E-state index contributed by atoms with van der Waals surface area (Å²) in [4.78, 5) is 39.1. The average Bonchev–Trinajstić information content (AvgIpc) is 2.50. The standard InChI is InChI=1S/C23H27ClO4/c1-22(2)9-15(25)20(16(26)10-22)19(13-5-7-14(24)8-6-13)21-17(27)11-23(3,4)12-18(21)28/h5-8,19-20,27H,9-12H2,1-4H3/t19-/m0/s1.